The molecule has 0 radical (unpaired) electrons. The van der Waals surface area contributed by atoms with Gasteiger partial charge in [0.2, 0.25) is 17.7 Å². The lowest BCUT2D eigenvalue weighted by Crippen LogP contribution is -2.32. The molecule has 1 rings (SSSR count). The number of nitrogens with zero attached hydrogens (tertiary/aromatic N) is 1. The summed E-state index contributed by atoms with van der Waals surface area (Å²) < 4.78 is 22.4. The number of imide groups is 1. The third kappa shape index (κ3) is 10.4. The van der Waals surface area contributed by atoms with Crippen LogP contribution in [0.1, 0.15) is 38.5 Å². The fourth-order valence-corrected chi connectivity index (χ4v) is 8.63. The summed E-state index contributed by atoms with van der Waals surface area (Å²) in [6, 6.07) is 0. The molecule has 1 aliphatic heterocycles. The Hall–Kier alpha value is -0.390. The Morgan fingerprint density at radius 1 is 1.10 bits per heavy atom. The van der Waals surface area contributed by atoms with Crippen molar-refractivity contribution in [2.45, 2.75) is 49.2 Å². The molecule has 0 aliphatic carbocycles. The van der Waals surface area contributed by atoms with Gasteiger partial charge in [-0.05, 0) is 30.8 Å². The molecule has 0 spiro atoms. The van der Waals surface area contributed by atoms with Gasteiger partial charge in [0, 0.05) is 32.2 Å². The number of carbonyl (C=O) groups is 3. The van der Waals surface area contributed by atoms with Crippen LogP contribution in [-0.4, -0.2) is 83.7 Å². The minimum Gasteiger partial charge on any atom is -0.359 e. The van der Waals surface area contributed by atoms with Crippen molar-refractivity contribution in [1.29, 1.82) is 0 Å². The van der Waals surface area contributed by atoms with E-state index in [1.807, 2.05) is 0 Å². The first kappa shape index (κ1) is 28.6. The summed E-state index contributed by atoms with van der Waals surface area (Å²) in [6.45, 7) is 0.338. The predicted molar refractivity (Wildman–Crippen MR) is 120 cm³/mol. The molecule has 1 saturated heterocycles. The molecule has 1 fully saturated rings. The molecule has 15 heteroatoms. The van der Waals surface area contributed by atoms with Gasteiger partial charge in [-0.1, -0.05) is 6.42 Å². The third-order valence-electron chi connectivity index (χ3n) is 4.56. The summed E-state index contributed by atoms with van der Waals surface area (Å²) in [5.74, 6) is 0.0992. The summed E-state index contributed by atoms with van der Waals surface area (Å²) in [5.41, 5.74) is 0. The van der Waals surface area contributed by atoms with Gasteiger partial charge in [0.1, 0.15) is 0 Å². The Labute approximate surface area is 189 Å². The van der Waals surface area contributed by atoms with Crippen molar-refractivity contribution in [2.75, 3.05) is 30.9 Å². The molecule has 31 heavy (non-hydrogen) atoms. The van der Waals surface area contributed by atoms with Crippen molar-refractivity contribution >= 4 is 56.4 Å². The van der Waals surface area contributed by atoms with Gasteiger partial charge in [0.05, 0.1) is 5.25 Å². The highest BCUT2D eigenvalue weighted by molar-refractivity contribution is 8.01. The molecular weight excluding hydrogens is 490 g/mol. The van der Waals surface area contributed by atoms with Gasteiger partial charge in [0.15, 0.2) is 5.40 Å². The zero-order valence-electron chi connectivity index (χ0n) is 17.2. The van der Waals surface area contributed by atoms with Crippen molar-refractivity contribution in [3.8, 4) is 0 Å². The number of hydrogen-bond acceptors (Lipinski definition) is 7. The Kier molecular flexibility index (Phi) is 12.3. The number of carbonyl (C=O) groups excluding carboxylic acids is 3. The second-order valence-electron chi connectivity index (χ2n) is 7.02. The third-order valence-corrected chi connectivity index (χ3v) is 11.2. The molecular formula is C16H30N2O9P2S2. The monoisotopic (exact) mass is 520 g/mol. The lowest BCUT2D eigenvalue weighted by atomic mass is 10.2. The predicted octanol–water partition coefficient (Wildman–Crippen LogP) is 0.958. The fraction of sp³-hybridized carbons (Fsp3) is 0.812. The molecule has 5 N–H and O–H groups in total. The summed E-state index contributed by atoms with van der Waals surface area (Å²) in [5, 5.41) is 0.0622. The van der Waals surface area contributed by atoms with Crippen molar-refractivity contribution in [3.05, 3.63) is 0 Å². The van der Waals surface area contributed by atoms with Gasteiger partial charge in [0.25, 0.3) is 0 Å². The van der Waals surface area contributed by atoms with Crippen LogP contribution >= 0.6 is 38.7 Å². The Morgan fingerprint density at radius 2 is 1.74 bits per heavy atom. The van der Waals surface area contributed by atoms with Gasteiger partial charge in [-0.25, -0.2) is 0 Å². The quantitative estimate of drug-likeness (QED) is 0.118. The fourth-order valence-electron chi connectivity index (χ4n) is 2.84. The van der Waals surface area contributed by atoms with Gasteiger partial charge >= 0.3 is 15.2 Å². The maximum absolute atomic E-state index is 12.4. The van der Waals surface area contributed by atoms with E-state index in [2.05, 4.69) is 5.32 Å². The molecule has 3 amide bonds. The van der Waals surface area contributed by atoms with E-state index in [4.69, 9.17) is 19.6 Å². The minimum atomic E-state index is -4.91. The maximum Gasteiger partial charge on any atom is 0.341 e. The normalized spacial score (nSPS) is 17.6. The topological polar surface area (TPSA) is 182 Å². The molecule has 1 heterocycles. The molecule has 1 unspecified atom stereocenters. The average Bonchev–Trinajstić information content (AvgIpc) is 2.91. The summed E-state index contributed by atoms with van der Waals surface area (Å²) in [6.07, 6.45) is 3.18. The molecule has 0 aromatic rings. The lowest BCUT2D eigenvalue weighted by Gasteiger charge is -2.19. The first-order chi connectivity index (χ1) is 14.4. The first-order valence-electron chi connectivity index (χ1n) is 9.72. The van der Waals surface area contributed by atoms with Gasteiger partial charge in [-0.2, -0.15) is 11.8 Å². The standard InChI is InChI=1S/C16H30N2O9P2S2/c1-17-13(19)6-3-2-4-7-18-14(20)10-12(16(18)21)31-9-5-8-30-11-15(28(22,23)24)29(25,26)27/h12,15H,2-11H2,1H3,(H,17,19)(H2,22,23,24)(H2,25,26,27). The summed E-state index contributed by atoms with van der Waals surface area (Å²) >= 11 is 2.37. The van der Waals surface area contributed by atoms with E-state index in [1.165, 1.54) is 16.7 Å². The van der Waals surface area contributed by atoms with Gasteiger partial charge < -0.3 is 24.9 Å². The van der Waals surface area contributed by atoms with Crippen LogP contribution in [0.15, 0.2) is 0 Å². The smallest absolute Gasteiger partial charge is 0.341 e. The van der Waals surface area contributed by atoms with E-state index >= 15 is 0 Å². The number of thioether (sulfide) groups is 2. The molecule has 11 nitrogen and oxygen atoms in total. The van der Waals surface area contributed by atoms with Crippen molar-refractivity contribution < 1.29 is 43.1 Å². The second kappa shape index (κ2) is 13.3. The molecule has 1 aliphatic rings. The maximum atomic E-state index is 12.4. The molecule has 180 valence electrons. The van der Waals surface area contributed by atoms with E-state index in [0.717, 1.165) is 18.2 Å². The van der Waals surface area contributed by atoms with Crippen molar-refractivity contribution in [2.24, 2.45) is 0 Å². The van der Waals surface area contributed by atoms with E-state index < -0.39 is 25.8 Å². The number of rotatable bonds is 15. The Bertz CT molecular complexity index is 706. The molecule has 0 aromatic heterocycles. The van der Waals surface area contributed by atoms with Crippen LogP contribution in [0.5, 0.6) is 0 Å². The number of amides is 3. The average molecular weight is 521 g/mol. The highest BCUT2D eigenvalue weighted by atomic mass is 32.2. The highest BCUT2D eigenvalue weighted by Crippen LogP contribution is 2.60. The van der Waals surface area contributed by atoms with Crippen LogP contribution in [0.2, 0.25) is 0 Å². The number of nitrogens with one attached hydrogen (secondary N) is 1. The van der Waals surface area contributed by atoms with E-state index in [-0.39, 0.29) is 29.9 Å². The zero-order valence-corrected chi connectivity index (χ0v) is 20.6. The van der Waals surface area contributed by atoms with Gasteiger partial charge in [-0.3, -0.25) is 28.4 Å². The van der Waals surface area contributed by atoms with Crippen LogP contribution in [0.25, 0.3) is 0 Å². The second-order valence-corrected chi connectivity index (χ2v) is 13.5. The van der Waals surface area contributed by atoms with Crippen molar-refractivity contribution in [3.63, 3.8) is 0 Å². The van der Waals surface area contributed by atoms with E-state index in [1.54, 1.807) is 7.05 Å². The summed E-state index contributed by atoms with van der Waals surface area (Å²) in [4.78, 5) is 73.2. The highest BCUT2D eigenvalue weighted by Gasteiger charge is 2.43. The van der Waals surface area contributed by atoms with E-state index in [9.17, 15) is 23.5 Å². The van der Waals surface area contributed by atoms with Crippen LogP contribution in [0, 0.1) is 0 Å². The minimum absolute atomic E-state index is 0.0399. The number of hydrogen-bond donors (Lipinski definition) is 5. The Morgan fingerprint density at radius 3 is 2.32 bits per heavy atom. The summed E-state index contributed by atoms with van der Waals surface area (Å²) in [7, 11) is -8.25. The van der Waals surface area contributed by atoms with Gasteiger partial charge in [-0.15, -0.1) is 11.8 Å². The van der Waals surface area contributed by atoms with Crippen LogP contribution in [0.4, 0.5) is 0 Å². The first-order valence-corrected chi connectivity index (χ1v) is 15.3. The number of likely N-dealkylation sites (tertiary alicyclic amines) is 1. The molecule has 1 atom stereocenters. The largest absolute Gasteiger partial charge is 0.359 e. The zero-order chi connectivity index (χ0) is 23.7. The van der Waals surface area contributed by atoms with E-state index in [0.29, 0.717) is 43.7 Å². The number of unbranched alkanes of at least 4 members (excludes halogenated alkanes) is 2. The molecule has 0 bridgehead atoms. The molecule has 0 aromatic carbocycles. The SMILES string of the molecule is CNC(=O)CCCCCN1C(=O)CC(SCCCSCC(P(=O)(O)O)P(=O)(O)O)C1=O. The van der Waals surface area contributed by atoms with Crippen molar-refractivity contribution in [1.82, 2.24) is 10.2 Å². The van der Waals surface area contributed by atoms with Crippen LogP contribution < -0.4 is 5.32 Å². The lowest BCUT2D eigenvalue weighted by molar-refractivity contribution is -0.138. The van der Waals surface area contributed by atoms with Crippen LogP contribution in [0.3, 0.4) is 0 Å². The van der Waals surface area contributed by atoms with Crippen LogP contribution in [-0.2, 0) is 23.5 Å². The Balaban J connectivity index is 2.27. The molecule has 0 saturated carbocycles.